The fourth-order valence-electron chi connectivity index (χ4n) is 3.42. The molecule has 2 saturated heterocycles. The lowest BCUT2D eigenvalue weighted by Crippen LogP contribution is -2.70. The molecule has 2 fully saturated rings. The molecule has 1 aromatic rings. The van der Waals surface area contributed by atoms with Gasteiger partial charge in [0.15, 0.2) is 0 Å². The molecule has 3 atom stereocenters. The van der Waals surface area contributed by atoms with Crippen molar-refractivity contribution in [3.05, 3.63) is 35.9 Å². The molecule has 0 radical (unpaired) electrons. The number of thioether (sulfide) groups is 1. The van der Waals surface area contributed by atoms with E-state index in [1.807, 2.05) is 44.2 Å². The third-order valence-corrected chi connectivity index (χ3v) is 6.44. The van der Waals surface area contributed by atoms with Gasteiger partial charge in [-0.15, -0.1) is 11.8 Å². The highest BCUT2D eigenvalue weighted by Crippen LogP contribution is 2.51. The van der Waals surface area contributed by atoms with Gasteiger partial charge in [0.1, 0.15) is 37.3 Å². The number of alkyl carbamates (subject to hydrolysis) is 1. The zero-order valence-electron chi connectivity index (χ0n) is 17.4. The van der Waals surface area contributed by atoms with Gasteiger partial charge in [0.2, 0.25) is 5.91 Å². The number of benzene rings is 1. The van der Waals surface area contributed by atoms with E-state index in [-0.39, 0.29) is 25.7 Å². The molecule has 2 aliphatic heterocycles. The van der Waals surface area contributed by atoms with Crippen LogP contribution < -0.4 is 5.32 Å². The Morgan fingerprint density at radius 3 is 2.45 bits per heavy atom. The number of carbonyl (C=O) groups is 4. The minimum Gasteiger partial charge on any atom is -0.460 e. The average molecular weight is 452 g/mol. The molecule has 1 N–H and O–H groups in total. The highest BCUT2D eigenvalue weighted by molar-refractivity contribution is 8.01. The summed E-state index contributed by atoms with van der Waals surface area (Å²) in [6, 6.07) is 7.57. The Kier molecular flexibility index (Phi) is 6.94. The summed E-state index contributed by atoms with van der Waals surface area (Å²) in [5.41, 5.74) is 0.828. The van der Waals surface area contributed by atoms with Crippen molar-refractivity contribution in [2.24, 2.45) is 0 Å². The molecule has 3 rings (SSSR count). The first-order chi connectivity index (χ1) is 14.7. The summed E-state index contributed by atoms with van der Waals surface area (Å²) >= 11 is 1.40. The van der Waals surface area contributed by atoms with Crippen LogP contribution in [0.3, 0.4) is 0 Å². The standard InChI is InChI=1S/C20H24N2O8S/c1-20(2)14(17(24)28-9-10-29-19(26)27-3)22-15(23)13(16(22)31-20)21-18(25)30-11-12-7-5-4-6-8-12/h4-8,13-14,16H,9-11H2,1-3H3,(H,21,25)/t13?,14-,16+/m0/s1. The van der Waals surface area contributed by atoms with Crippen molar-refractivity contribution < 1.29 is 38.1 Å². The summed E-state index contributed by atoms with van der Waals surface area (Å²) < 4.78 is 18.7. The number of methoxy groups -OCH3 is 1. The first kappa shape index (κ1) is 22.7. The maximum absolute atomic E-state index is 12.7. The number of esters is 1. The number of fused-ring (bicyclic) bond motifs is 1. The molecule has 31 heavy (non-hydrogen) atoms. The second kappa shape index (κ2) is 9.46. The van der Waals surface area contributed by atoms with Crippen LogP contribution in [-0.4, -0.2) is 71.6 Å². The van der Waals surface area contributed by atoms with E-state index in [9.17, 15) is 19.2 Å². The zero-order valence-corrected chi connectivity index (χ0v) is 18.2. The van der Waals surface area contributed by atoms with Gasteiger partial charge in [0.05, 0.1) is 7.11 Å². The fourth-order valence-corrected chi connectivity index (χ4v) is 5.04. The van der Waals surface area contributed by atoms with Gasteiger partial charge in [0, 0.05) is 4.75 Å². The number of rotatable bonds is 7. The first-order valence-electron chi connectivity index (χ1n) is 9.59. The summed E-state index contributed by atoms with van der Waals surface area (Å²) in [7, 11) is 1.17. The van der Waals surface area contributed by atoms with Crippen LogP contribution in [-0.2, 0) is 35.1 Å². The van der Waals surface area contributed by atoms with E-state index in [2.05, 4.69) is 14.8 Å². The Morgan fingerprint density at radius 2 is 1.77 bits per heavy atom. The Bertz CT molecular complexity index is 847. The van der Waals surface area contributed by atoms with Crippen molar-refractivity contribution >= 4 is 35.9 Å². The maximum Gasteiger partial charge on any atom is 0.508 e. The van der Waals surface area contributed by atoms with Gasteiger partial charge in [-0.05, 0) is 19.4 Å². The minimum atomic E-state index is -0.876. The highest BCUT2D eigenvalue weighted by Gasteiger charge is 2.64. The van der Waals surface area contributed by atoms with Crippen LogP contribution in [0.15, 0.2) is 30.3 Å². The molecule has 2 amide bonds. The lowest BCUT2D eigenvalue weighted by Gasteiger charge is -2.43. The molecule has 0 saturated carbocycles. The van der Waals surface area contributed by atoms with E-state index in [1.54, 1.807) is 0 Å². The van der Waals surface area contributed by atoms with Crippen LogP contribution in [0.4, 0.5) is 9.59 Å². The molecule has 2 heterocycles. The molecule has 0 bridgehead atoms. The summed E-state index contributed by atoms with van der Waals surface area (Å²) in [6.07, 6.45) is -1.58. The Balaban J connectivity index is 1.52. The van der Waals surface area contributed by atoms with Crippen LogP contribution in [0.2, 0.25) is 0 Å². The smallest absolute Gasteiger partial charge is 0.460 e. The number of β-lactam (4-membered cyclic amide) rings is 1. The van der Waals surface area contributed by atoms with E-state index in [0.717, 1.165) is 5.56 Å². The second-order valence-corrected chi connectivity index (χ2v) is 9.18. The first-order valence-corrected chi connectivity index (χ1v) is 10.5. The third-order valence-electron chi connectivity index (χ3n) is 4.86. The monoisotopic (exact) mass is 452 g/mol. The van der Waals surface area contributed by atoms with Crippen LogP contribution >= 0.6 is 11.8 Å². The van der Waals surface area contributed by atoms with Gasteiger partial charge in [-0.25, -0.2) is 14.4 Å². The number of carbonyl (C=O) groups excluding carboxylic acids is 4. The molecule has 10 nitrogen and oxygen atoms in total. The zero-order chi connectivity index (χ0) is 22.6. The number of nitrogens with one attached hydrogen (secondary N) is 1. The lowest BCUT2D eigenvalue weighted by molar-refractivity contribution is -0.164. The van der Waals surface area contributed by atoms with E-state index in [1.165, 1.54) is 23.8 Å². The Labute approximate surface area is 183 Å². The SMILES string of the molecule is COC(=O)OCCOC(=O)[C@@H]1N2C(=O)C(NC(=O)OCc3ccccc3)[C@H]2SC1(C)C. The van der Waals surface area contributed by atoms with E-state index in [4.69, 9.17) is 9.47 Å². The fraction of sp³-hybridized carbons (Fsp3) is 0.500. The molecule has 1 aromatic carbocycles. The summed E-state index contributed by atoms with van der Waals surface area (Å²) in [6.45, 7) is 3.41. The lowest BCUT2D eigenvalue weighted by atomic mass is 9.96. The average Bonchev–Trinajstić information content (AvgIpc) is 3.01. The largest absolute Gasteiger partial charge is 0.508 e. The quantitative estimate of drug-likeness (QED) is 0.285. The number of hydrogen-bond donors (Lipinski definition) is 1. The predicted octanol–water partition coefficient (Wildman–Crippen LogP) is 1.67. The van der Waals surface area contributed by atoms with Gasteiger partial charge in [-0.3, -0.25) is 4.79 Å². The second-order valence-electron chi connectivity index (χ2n) is 7.41. The van der Waals surface area contributed by atoms with Gasteiger partial charge in [0.25, 0.3) is 0 Å². The van der Waals surface area contributed by atoms with Gasteiger partial charge in [-0.1, -0.05) is 30.3 Å². The Hall–Kier alpha value is -2.95. The number of nitrogens with zero attached hydrogens (tertiary/aromatic N) is 1. The molecule has 0 aliphatic carbocycles. The van der Waals surface area contributed by atoms with Gasteiger partial charge >= 0.3 is 18.2 Å². The van der Waals surface area contributed by atoms with Crippen LogP contribution in [0.1, 0.15) is 19.4 Å². The van der Waals surface area contributed by atoms with Gasteiger partial charge < -0.3 is 29.2 Å². The predicted molar refractivity (Wildman–Crippen MR) is 109 cm³/mol. The van der Waals surface area contributed by atoms with Crippen molar-refractivity contribution in [1.82, 2.24) is 10.2 Å². The normalized spacial score (nSPS) is 23.3. The molecular formula is C20H24N2O8S. The topological polar surface area (TPSA) is 120 Å². The van der Waals surface area contributed by atoms with Crippen molar-refractivity contribution in [3.63, 3.8) is 0 Å². The molecule has 2 aliphatic rings. The van der Waals surface area contributed by atoms with Crippen molar-refractivity contribution in [2.75, 3.05) is 20.3 Å². The van der Waals surface area contributed by atoms with Gasteiger partial charge in [-0.2, -0.15) is 0 Å². The van der Waals surface area contributed by atoms with Crippen molar-refractivity contribution in [1.29, 1.82) is 0 Å². The van der Waals surface area contributed by atoms with Crippen LogP contribution in [0.25, 0.3) is 0 Å². The highest BCUT2D eigenvalue weighted by atomic mass is 32.2. The molecule has 1 unspecified atom stereocenters. The number of ether oxygens (including phenoxy) is 4. The van der Waals surface area contributed by atoms with Crippen LogP contribution in [0.5, 0.6) is 0 Å². The summed E-state index contributed by atoms with van der Waals surface area (Å²) in [5, 5.41) is 2.17. The molecule has 11 heteroatoms. The third kappa shape index (κ3) is 5.04. The summed E-state index contributed by atoms with van der Waals surface area (Å²) in [4.78, 5) is 49.7. The summed E-state index contributed by atoms with van der Waals surface area (Å²) in [5.74, 6) is -0.987. The van der Waals surface area contributed by atoms with E-state index >= 15 is 0 Å². The molecule has 0 aromatic heterocycles. The van der Waals surface area contributed by atoms with Crippen LogP contribution in [0, 0.1) is 0 Å². The maximum atomic E-state index is 12.7. The number of amides is 2. The van der Waals surface area contributed by atoms with E-state index < -0.39 is 40.4 Å². The molecular weight excluding hydrogens is 428 g/mol. The molecule has 0 spiro atoms. The van der Waals surface area contributed by atoms with Crippen molar-refractivity contribution in [3.8, 4) is 0 Å². The minimum absolute atomic E-state index is 0.0865. The van der Waals surface area contributed by atoms with E-state index in [0.29, 0.717) is 0 Å². The number of hydrogen-bond acceptors (Lipinski definition) is 9. The Morgan fingerprint density at radius 1 is 1.10 bits per heavy atom. The van der Waals surface area contributed by atoms with Crippen molar-refractivity contribution in [2.45, 2.75) is 42.7 Å². The molecule has 168 valence electrons.